The summed E-state index contributed by atoms with van der Waals surface area (Å²) in [7, 11) is 3.17. The molecule has 0 saturated carbocycles. The van der Waals surface area contributed by atoms with Gasteiger partial charge in [-0.05, 0) is 55.8 Å². The molecule has 0 aliphatic heterocycles. The molecule has 1 atom stereocenters. The topological polar surface area (TPSA) is 77.1 Å². The summed E-state index contributed by atoms with van der Waals surface area (Å²) in [6.45, 7) is 4.12. The van der Waals surface area contributed by atoms with Gasteiger partial charge in [-0.2, -0.15) is 0 Å². The van der Waals surface area contributed by atoms with Gasteiger partial charge in [0.05, 0.1) is 14.2 Å². The Labute approximate surface area is 171 Å². The minimum absolute atomic E-state index is 0.181. The van der Waals surface area contributed by atoms with Crippen molar-refractivity contribution in [3.05, 3.63) is 54.1 Å². The summed E-state index contributed by atoms with van der Waals surface area (Å²) in [4.78, 5) is 26.8. The van der Waals surface area contributed by atoms with Crippen LogP contribution in [0.5, 0.6) is 17.2 Å². The zero-order chi connectivity index (χ0) is 21.2. The molecule has 0 aliphatic carbocycles. The van der Waals surface area contributed by atoms with Gasteiger partial charge in [-0.25, -0.2) is 0 Å². The predicted molar refractivity (Wildman–Crippen MR) is 110 cm³/mol. The van der Waals surface area contributed by atoms with Gasteiger partial charge in [0, 0.05) is 13.1 Å². The Hall–Kier alpha value is -3.22. The van der Waals surface area contributed by atoms with Crippen LogP contribution in [-0.4, -0.2) is 50.1 Å². The molecule has 2 amide bonds. The molecule has 0 aliphatic rings. The lowest BCUT2D eigenvalue weighted by Crippen LogP contribution is -2.49. The highest BCUT2D eigenvalue weighted by atomic mass is 16.5. The third kappa shape index (κ3) is 6.41. The summed E-state index contributed by atoms with van der Waals surface area (Å²) >= 11 is 0. The predicted octanol–water partition coefficient (Wildman–Crippen LogP) is 2.64. The van der Waals surface area contributed by atoms with Crippen LogP contribution >= 0.6 is 0 Å². The fourth-order valence-corrected chi connectivity index (χ4v) is 2.77. The average Bonchev–Trinajstić information content (AvgIpc) is 2.76. The Kier molecular flexibility index (Phi) is 8.33. The molecular formula is C22H28N2O5. The number of nitrogens with one attached hydrogen (secondary N) is 1. The van der Waals surface area contributed by atoms with Gasteiger partial charge in [-0.15, -0.1) is 0 Å². The van der Waals surface area contributed by atoms with E-state index in [2.05, 4.69) is 5.32 Å². The molecule has 0 spiro atoms. The SMILES string of the molecule is CCNC(=O)C(C)N(Cc1cccc(OC)c1)C(=O)COc1ccc(OC)cc1. The van der Waals surface area contributed by atoms with E-state index in [9.17, 15) is 9.59 Å². The first-order valence-electron chi connectivity index (χ1n) is 9.45. The lowest BCUT2D eigenvalue weighted by molar-refractivity contribution is -0.142. The maximum Gasteiger partial charge on any atom is 0.261 e. The van der Waals surface area contributed by atoms with Gasteiger partial charge >= 0.3 is 0 Å². The summed E-state index contributed by atoms with van der Waals surface area (Å²) in [6.07, 6.45) is 0. The lowest BCUT2D eigenvalue weighted by Gasteiger charge is -2.28. The molecular weight excluding hydrogens is 372 g/mol. The number of benzene rings is 2. The average molecular weight is 400 g/mol. The summed E-state index contributed by atoms with van der Waals surface area (Å²) in [5, 5.41) is 2.76. The first-order valence-corrected chi connectivity index (χ1v) is 9.45. The van der Waals surface area contributed by atoms with Crippen LogP contribution in [0.25, 0.3) is 0 Å². The van der Waals surface area contributed by atoms with Crippen molar-refractivity contribution in [3.8, 4) is 17.2 Å². The molecule has 156 valence electrons. The van der Waals surface area contributed by atoms with Crippen molar-refractivity contribution in [1.29, 1.82) is 0 Å². The number of nitrogens with zero attached hydrogens (tertiary/aromatic N) is 1. The summed E-state index contributed by atoms with van der Waals surface area (Å²) in [5.74, 6) is 1.44. The van der Waals surface area contributed by atoms with Crippen LogP contribution in [0.4, 0.5) is 0 Å². The van der Waals surface area contributed by atoms with E-state index in [1.807, 2.05) is 31.2 Å². The van der Waals surface area contributed by atoms with Crippen LogP contribution < -0.4 is 19.5 Å². The molecule has 2 aromatic carbocycles. The molecule has 0 fully saturated rings. The Morgan fingerprint density at radius 3 is 2.28 bits per heavy atom. The summed E-state index contributed by atoms with van der Waals surface area (Å²) < 4.78 is 16.0. The molecule has 7 nitrogen and oxygen atoms in total. The van der Waals surface area contributed by atoms with E-state index in [4.69, 9.17) is 14.2 Å². The van der Waals surface area contributed by atoms with Crippen molar-refractivity contribution in [3.63, 3.8) is 0 Å². The number of hydrogen-bond donors (Lipinski definition) is 1. The largest absolute Gasteiger partial charge is 0.497 e. The van der Waals surface area contributed by atoms with Crippen molar-refractivity contribution in [2.24, 2.45) is 0 Å². The standard InChI is InChI=1S/C22H28N2O5/c1-5-23-22(26)16(2)24(14-17-7-6-8-20(13-17)28-4)21(25)15-29-19-11-9-18(27-3)10-12-19/h6-13,16H,5,14-15H2,1-4H3,(H,23,26). The number of likely N-dealkylation sites (N-methyl/N-ethyl adjacent to an activating group) is 1. The van der Waals surface area contributed by atoms with Gasteiger partial charge in [0.25, 0.3) is 5.91 Å². The summed E-state index contributed by atoms with van der Waals surface area (Å²) in [6, 6.07) is 13.7. The number of amides is 2. The molecule has 1 N–H and O–H groups in total. The molecule has 7 heteroatoms. The number of rotatable bonds is 10. The van der Waals surface area contributed by atoms with E-state index in [0.717, 1.165) is 5.56 Å². The summed E-state index contributed by atoms with van der Waals surface area (Å²) in [5.41, 5.74) is 0.860. The number of methoxy groups -OCH3 is 2. The fraction of sp³-hybridized carbons (Fsp3) is 0.364. The highest BCUT2D eigenvalue weighted by Gasteiger charge is 2.26. The molecule has 2 aromatic rings. The third-order valence-electron chi connectivity index (χ3n) is 4.43. The monoisotopic (exact) mass is 400 g/mol. The Morgan fingerprint density at radius 2 is 1.66 bits per heavy atom. The van der Waals surface area contributed by atoms with Crippen LogP contribution in [0, 0.1) is 0 Å². The van der Waals surface area contributed by atoms with E-state index in [0.29, 0.717) is 23.8 Å². The van der Waals surface area contributed by atoms with E-state index in [1.54, 1.807) is 45.4 Å². The molecule has 0 radical (unpaired) electrons. The zero-order valence-electron chi connectivity index (χ0n) is 17.3. The molecule has 1 unspecified atom stereocenters. The quantitative estimate of drug-likeness (QED) is 0.663. The van der Waals surface area contributed by atoms with Gasteiger partial charge in [-0.1, -0.05) is 12.1 Å². The van der Waals surface area contributed by atoms with Crippen LogP contribution in [0.1, 0.15) is 19.4 Å². The zero-order valence-corrected chi connectivity index (χ0v) is 17.3. The lowest BCUT2D eigenvalue weighted by atomic mass is 10.1. The molecule has 0 bridgehead atoms. The smallest absolute Gasteiger partial charge is 0.261 e. The second-order valence-electron chi connectivity index (χ2n) is 6.41. The molecule has 0 heterocycles. The number of carbonyl (C=O) groups excluding carboxylic acids is 2. The highest BCUT2D eigenvalue weighted by molar-refractivity contribution is 5.87. The van der Waals surface area contributed by atoms with E-state index in [-0.39, 0.29) is 25.0 Å². The van der Waals surface area contributed by atoms with Crippen molar-refractivity contribution < 1.29 is 23.8 Å². The number of hydrogen-bond acceptors (Lipinski definition) is 5. The highest BCUT2D eigenvalue weighted by Crippen LogP contribution is 2.19. The van der Waals surface area contributed by atoms with Gasteiger partial charge in [-0.3, -0.25) is 9.59 Å². The Bertz CT molecular complexity index is 807. The van der Waals surface area contributed by atoms with E-state index >= 15 is 0 Å². The van der Waals surface area contributed by atoms with Crippen LogP contribution in [-0.2, 0) is 16.1 Å². The van der Waals surface area contributed by atoms with E-state index < -0.39 is 6.04 Å². The number of carbonyl (C=O) groups is 2. The maximum atomic E-state index is 12.9. The Balaban J connectivity index is 2.13. The van der Waals surface area contributed by atoms with Gasteiger partial charge in [0.2, 0.25) is 5.91 Å². The van der Waals surface area contributed by atoms with Gasteiger partial charge in [0.1, 0.15) is 23.3 Å². The van der Waals surface area contributed by atoms with Crippen molar-refractivity contribution >= 4 is 11.8 Å². The van der Waals surface area contributed by atoms with Crippen molar-refractivity contribution in [2.45, 2.75) is 26.4 Å². The van der Waals surface area contributed by atoms with Crippen LogP contribution in [0.2, 0.25) is 0 Å². The first-order chi connectivity index (χ1) is 14.0. The minimum atomic E-state index is -0.645. The van der Waals surface area contributed by atoms with Gasteiger partial charge < -0.3 is 24.4 Å². The Morgan fingerprint density at radius 1 is 1.00 bits per heavy atom. The molecule has 0 saturated heterocycles. The normalized spacial score (nSPS) is 11.3. The second kappa shape index (κ2) is 10.9. The third-order valence-corrected chi connectivity index (χ3v) is 4.43. The number of ether oxygens (including phenoxy) is 3. The molecule has 0 aromatic heterocycles. The van der Waals surface area contributed by atoms with Crippen molar-refractivity contribution in [1.82, 2.24) is 10.2 Å². The van der Waals surface area contributed by atoms with Crippen LogP contribution in [0.3, 0.4) is 0 Å². The molecule has 2 rings (SSSR count). The molecule has 29 heavy (non-hydrogen) atoms. The minimum Gasteiger partial charge on any atom is -0.497 e. The van der Waals surface area contributed by atoms with Gasteiger partial charge in [0.15, 0.2) is 6.61 Å². The van der Waals surface area contributed by atoms with E-state index in [1.165, 1.54) is 4.90 Å². The van der Waals surface area contributed by atoms with Crippen LogP contribution in [0.15, 0.2) is 48.5 Å². The van der Waals surface area contributed by atoms with Crippen molar-refractivity contribution in [2.75, 3.05) is 27.4 Å². The second-order valence-corrected chi connectivity index (χ2v) is 6.41. The fourth-order valence-electron chi connectivity index (χ4n) is 2.77. The first kappa shape index (κ1) is 22.1. The maximum absolute atomic E-state index is 12.9.